The number of halogens is 5. The summed E-state index contributed by atoms with van der Waals surface area (Å²) in [5.74, 6) is -0.419. The molecule has 11 heteroatoms. The molecule has 1 saturated heterocycles. The van der Waals surface area contributed by atoms with Crippen LogP contribution in [0.2, 0.25) is 5.02 Å². The van der Waals surface area contributed by atoms with E-state index in [9.17, 15) is 26.0 Å². The first kappa shape index (κ1) is 24.0. The molecule has 0 unspecified atom stereocenters. The Balaban J connectivity index is 1.42. The molecule has 4 nitrogen and oxygen atoms in total. The Labute approximate surface area is 197 Å². The monoisotopic (exact) mass is 518 g/mol. The minimum atomic E-state index is -4.60. The molecule has 33 heavy (non-hydrogen) atoms. The first-order chi connectivity index (χ1) is 15.5. The number of thiazole rings is 1. The summed E-state index contributed by atoms with van der Waals surface area (Å²) in [5.41, 5.74) is 0.467. The van der Waals surface area contributed by atoms with Gasteiger partial charge in [0.2, 0.25) is 0 Å². The highest BCUT2D eigenvalue weighted by atomic mass is 35.5. The molecule has 176 valence electrons. The summed E-state index contributed by atoms with van der Waals surface area (Å²) in [6.07, 6.45) is -3.62. The zero-order valence-electron chi connectivity index (χ0n) is 17.1. The van der Waals surface area contributed by atoms with Gasteiger partial charge in [0.25, 0.3) is 0 Å². The number of piperidine rings is 1. The number of alkyl halides is 3. The van der Waals surface area contributed by atoms with Gasteiger partial charge in [-0.3, -0.25) is 0 Å². The van der Waals surface area contributed by atoms with Crippen LogP contribution in [0.1, 0.15) is 29.7 Å². The molecule has 0 amide bonds. The van der Waals surface area contributed by atoms with Crippen LogP contribution >= 0.6 is 22.9 Å². The lowest BCUT2D eigenvalue weighted by Crippen LogP contribution is -2.39. The summed E-state index contributed by atoms with van der Waals surface area (Å²) in [6.45, 7) is 0.837. The van der Waals surface area contributed by atoms with E-state index in [1.807, 2.05) is 10.3 Å². The van der Waals surface area contributed by atoms with Crippen LogP contribution in [0.5, 0.6) is 0 Å². The second-order valence-corrected chi connectivity index (χ2v) is 11.3. The molecule has 2 heterocycles. The lowest BCUT2D eigenvalue weighted by Gasteiger charge is -2.31. The predicted molar refractivity (Wildman–Crippen MR) is 120 cm³/mol. The van der Waals surface area contributed by atoms with Crippen LogP contribution in [0.3, 0.4) is 0 Å². The summed E-state index contributed by atoms with van der Waals surface area (Å²) in [5, 5.41) is 2.14. The van der Waals surface area contributed by atoms with Gasteiger partial charge in [0.05, 0.1) is 21.4 Å². The Hall–Kier alpha value is -2.17. The van der Waals surface area contributed by atoms with Crippen LogP contribution in [0.15, 0.2) is 52.7 Å². The summed E-state index contributed by atoms with van der Waals surface area (Å²) < 4.78 is 78.4. The molecule has 0 spiro atoms. The third kappa shape index (κ3) is 5.50. The highest BCUT2D eigenvalue weighted by molar-refractivity contribution is 7.92. The van der Waals surface area contributed by atoms with Crippen LogP contribution in [0.4, 0.5) is 22.7 Å². The van der Waals surface area contributed by atoms with Crippen molar-refractivity contribution in [3.05, 3.63) is 75.5 Å². The Kier molecular flexibility index (Phi) is 6.70. The third-order valence-corrected chi connectivity index (χ3v) is 8.92. The van der Waals surface area contributed by atoms with E-state index in [-0.39, 0.29) is 17.7 Å². The number of nitrogens with zero attached hydrogens (tertiary/aromatic N) is 2. The van der Waals surface area contributed by atoms with Gasteiger partial charge >= 0.3 is 6.18 Å². The number of rotatable bonds is 5. The Morgan fingerprint density at radius 1 is 1.12 bits per heavy atom. The number of hydrogen-bond donors (Lipinski definition) is 0. The summed E-state index contributed by atoms with van der Waals surface area (Å²) in [7, 11) is -3.89. The highest BCUT2D eigenvalue weighted by Gasteiger charge is 2.35. The quantitative estimate of drug-likeness (QED) is 0.389. The van der Waals surface area contributed by atoms with E-state index >= 15 is 0 Å². The molecule has 0 radical (unpaired) electrons. The van der Waals surface area contributed by atoms with Crippen LogP contribution in [0, 0.1) is 5.82 Å². The minimum absolute atomic E-state index is 0.285. The number of hydrogen-bond acceptors (Lipinski definition) is 5. The second kappa shape index (κ2) is 9.23. The third-order valence-electron chi connectivity index (χ3n) is 5.49. The van der Waals surface area contributed by atoms with Crippen molar-refractivity contribution in [2.45, 2.75) is 35.6 Å². The molecule has 0 saturated carbocycles. The first-order valence-electron chi connectivity index (χ1n) is 10.1. The SMILES string of the molecule is O=S(=O)(c1cccc(C(F)(F)F)c1)C1CCN(c2nc(Cc3cc(F)cc(Cl)c3)cs2)CC1. The minimum Gasteiger partial charge on any atom is -0.348 e. The molecule has 1 aromatic heterocycles. The average molecular weight is 519 g/mol. The summed E-state index contributed by atoms with van der Waals surface area (Å²) >= 11 is 7.31. The molecule has 1 aliphatic rings. The van der Waals surface area contributed by atoms with Gasteiger partial charge in [0.15, 0.2) is 15.0 Å². The standard InChI is InChI=1S/C22H19ClF4N2O2S2/c23-16-8-14(9-17(24)12-16)10-18-13-32-21(28-18)29-6-4-19(5-7-29)33(30,31)20-3-1-2-15(11-20)22(25,26)27/h1-3,8-9,11-13,19H,4-7,10H2. The lowest BCUT2D eigenvalue weighted by molar-refractivity contribution is -0.137. The molecule has 4 rings (SSSR count). The smallest absolute Gasteiger partial charge is 0.348 e. The van der Waals surface area contributed by atoms with Crippen molar-refractivity contribution in [3.8, 4) is 0 Å². The number of sulfone groups is 1. The van der Waals surface area contributed by atoms with Gasteiger partial charge in [-0.2, -0.15) is 13.2 Å². The topological polar surface area (TPSA) is 50.3 Å². The summed E-state index contributed by atoms with van der Waals surface area (Å²) in [4.78, 5) is 6.24. The van der Waals surface area contributed by atoms with Gasteiger partial charge in [-0.25, -0.2) is 17.8 Å². The maximum atomic E-state index is 13.5. The van der Waals surface area contributed by atoms with E-state index in [1.54, 1.807) is 6.07 Å². The van der Waals surface area contributed by atoms with E-state index in [0.717, 1.165) is 23.0 Å². The maximum absolute atomic E-state index is 13.5. The van der Waals surface area contributed by atoms with Crippen LogP contribution in [-0.2, 0) is 22.4 Å². The Morgan fingerprint density at radius 2 is 1.85 bits per heavy atom. The van der Waals surface area contributed by atoms with Crippen molar-refractivity contribution < 1.29 is 26.0 Å². The molecular weight excluding hydrogens is 500 g/mol. The number of aromatic nitrogens is 1. The molecular formula is C22H19ClF4N2O2S2. The first-order valence-corrected chi connectivity index (χ1v) is 12.9. The van der Waals surface area contributed by atoms with Gasteiger partial charge in [0.1, 0.15) is 5.82 Å². The molecule has 0 N–H and O–H groups in total. The van der Waals surface area contributed by atoms with E-state index in [1.165, 1.54) is 29.5 Å². The van der Waals surface area contributed by atoms with Gasteiger partial charge < -0.3 is 4.90 Å². The number of benzene rings is 2. The van der Waals surface area contributed by atoms with Crippen LogP contribution in [0.25, 0.3) is 0 Å². The van der Waals surface area contributed by atoms with Crippen molar-refractivity contribution in [2.24, 2.45) is 0 Å². The Bertz CT molecular complexity index is 1230. The second-order valence-electron chi connectivity index (χ2n) is 7.83. The summed E-state index contributed by atoms with van der Waals surface area (Å²) in [6, 6.07) is 8.20. The number of anilines is 1. The van der Waals surface area contributed by atoms with Crippen molar-refractivity contribution in [1.82, 2.24) is 4.98 Å². The molecule has 1 aliphatic heterocycles. The van der Waals surface area contributed by atoms with E-state index < -0.39 is 32.6 Å². The largest absolute Gasteiger partial charge is 0.416 e. The normalized spacial score (nSPS) is 15.7. The van der Waals surface area contributed by atoms with Crippen molar-refractivity contribution >= 4 is 37.9 Å². The van der Waals surface area contributed by atoms with Crippen molar-refractivity contribution in [2.75, 3.05) is 18.0 Å². The molecule has 0 aliphatic carbocycles. The van der Waals surface area contributed by atoms with Gasteiger partial charge in [0, 0.05) is 29.9 Å². The fourth-order valence-corrected chi connectivity index (χ4v) is 6.74. The zero-order valence-corrected chi connectivity index (χ0v) is 19.5. The van der Waals surface area contributed by atoms with Crippen molar-refractivity contribution in [1.29, 1.82) is 0 Å². The molecule has 1 fully saturated rings. The fraction of sp³-hybridized carbons (Fsp3) is 0.318. The van der Waals surface area contributed by atoms with Crippen LogP contribution in [-0.4, -0.2) is 31.7 Å². The molecule has 0 bridgehead atoms. The fourth-order valence-electron chi connectivity index (χ4n) is 3.84. The van der Waals surface area contributed by atoms with Crippen LogP contribution < -0.4 is 4.90 Å². The van der Waals surface area contributed by atoms with E-state index in [4.69, 9.17) is 11.6 Å². The molecule has 3 aromatic rings. The van der Waals surface area contributed by atoms with Crippen molar-refractivity contribution in [3.63, 3.8) is 0 Å². The van der Waals surface area contributed by atoms with Gasteiger partial charge in [-0.1, -0.05) is 17.7 Å². The average Bonchev–Trinajstić information content (AvgIpc) is 3.21. The molecule has 0 atom stereocenters. The Morgan fingerprint density at radius 3 is 2.52 bits per heavy atom. The van der Waals surface area contributed by atoms with E-state index in [0.29, 0.717) is 36.2 Å². The zero-order chi connectivity index (χ0) is 23.8. The highest BCUT2D eigenvalue weighted by Crippen LogP contribution is 2.33. The van der Waals surface area contributed by atoms with E-state index in [2.05, 4.69) is 4.98 Å². The lowest BCUT2D eigenvalue weighted by atomic mass is 10.1. The predicted octanol–water partition coefficient (Wildman–Crippen LogP) is 5.99. The van der Waals surface area contributed by atoms with Gasteiger partial charge in [-0.05, 0) is 54.8 Å². The van der Waals surface area contributed by atoms with Gasteiger partial charge in [-0.15, -0.1) is 11.3 Å². The maximum Gasteiger partial charge on any atom is 0.416 e. The molecule has 2 aromatic carbocycles.